The van der Waals surface area contributed by atoms with Gasteiger partial charge in [-0.15, -0.1) is 4.83 Å². The number of nitrogens with zero attached hydrogens (tertiary/aromatic N) is 2. The van der Waals surface area contributed by atoms with Crippen LogP contribution in [0.1, 0.15) is 19.3 Å². The number of halogens is 1. The largest absolute Gasteiger partial charge is 0.292 e. The molecule has 0 bridgehead atoms. The average Bonchev–Trinajstić information content (AvgIpc) is 2.68. The van der Waals surface area contributed by atoms with E-state index in [1.165, 1.54) is 34.8 Å². The normalized spacial score (nSPS) is 16.2. The number of anilines is 1. The van der Waals surface area contributed by atoms with Crippen molar-refractivity contribution in [2.45, 2.75) is 29.1 Å². The van der Waals surface area contributed by atoms with Crippen LogP contribution in [0.15, 0.2) is 56.9 Å². The Balaban J connectivity index is 1.68. The molecular formula is C16H19BrN4O4S2. The summed E-state index contributed by atoms with van der Waals surface area (Å²) in [5, 5.41) is 0. The monoisotopic (exact) mass is 474 g/mol. The minimum Gasteiger partial charge on any atom is -0.292 e. The molecule has 0 unspecified atom stereocenters. The Morgan fingerprint density at radius 1 is 0.889 bits per heavy atom. The van der Waals surface area contributed by atoms with E-state index in [0.717, 1.165) is 23.7 Å². The highest BCUT2D eigenvalue weighted by atomic mass is 79.9. The van der Waals surface area contributed by atoms with Crippen LogP contribution in [0.3, 0.4) is 0 Å². The lowest BCUT2D eigenvalue weighted by molar-refractivity contribution is 0.346. The van der Waals surface area contributed by atoms with Gasteiger partial charge >= 0.3 is 0 Å². The molecule has 27 heavy (non-hydrogen) atoms. The second kappa shape index (κ2) is 8.23. The maximum atomic E-state index is 12.6. The summed E-state index contributed by atoms with van der Waals surface area (Å²) in [6.07, 6.45) is 3.96. The zero-order valence-corrected chi connectivity index (χ0v) is 17.5. The molecule has 1 fully saturated rings. The highest BCUT2D eigenvalue weighted by molar-refractivity contribution is 9.10. The Hall–Kier alpha value is -1.53. The number of aromatic nitrogens is 1. The van der Waals surface area contributed by atoms with Crippen LogP contribution in [0.4, 0.5) is 5.82 Å². The van der Waals surface area contributed by atoms with Crippen molar-refractivity contribution in [3.05, 3.63) is 47.1 Å². The first-order chi connectivity index (χ1) is 12.8. The van der Waals surface area contributed by atoms with Crippen LogP contribution in [0.2, 0.25) is 0 Å². The van der Waals surface area contributed by atoms with Gasteiger partial charge in [-0.3, -0.25) is 5.43 Å². The predicted octanol–water partition coefficient (Wildman–Crippen LogP) is 2.32. The third kappa shape index (κ3) is 4.85. The van der Waals surface area contributed by atoms with Gasteiger partial charge in [0.15, 0.2) is 0 Å². The third-order valence-electron chi connectivity index (χ3n) is 4.13. The lowest BCUT2D eigenvalue weighted by Crippen LogP contribution is -2.35. The summed E-state index contributed by atoms with van der Waals surface area (Å²) < 4.78 is 51.8. The molecule has 1 aromatic carbocycles. The molecule has 0 radical (unpaired) electrons. The van der Waals surface area contributed by atoms with Gasteiger partial charge in [-0.25, -0.2) is 21.8 Å². The van der Waals surface area contributed by atoms with Crippen LogP contribution in [0, 0.1) is 0 Å². The van der Waals surface area contributed by atoms with Gasteiger partial charge in [0.05, 0.1) is 4.90 Å². The molecule has 1 aromatic heterocycles. The van der Waals surface area contributed by atoms with Crippen LogP contribution in [-0.2, 0) is 20.0 Å². The Bertz CT molecular complexity index is 988. The maximum Gasteiger partial charge on any atom is 0.257 e. The molecule has 0 amide bonds. The molecular weight excluding hydrogens is 456 g/mol. The molecule has 2 N–H and O–H groups in total. The van der Waals surface area contributed by atoms with Crippen molar-refractivity contribution in [1.29, 1.82) is 0 Å². The zero-order chi connectivity index (χ0) is 19.5. The molecule has 11 heteroatoms. The van der Waals surface area contributed by atoms with Gasteiger partial charge in [-0.05, 0) is 49.2 Å². The fourth-order valence-corrected chi connectivity index (χ4v) is 5.23. The summed E-state index contributed by atoms with van der Waals surface area (Å²) in [5.41, 5.74) is 2.49. The fourth-order valence-electron chi connectivity index (χ4n) is 2.65. The van der Waals surface area contributed by atoms with E-state index >= 15 is 0 Å². The van der Waals surface area contributed by atoms with Gasteiger partial charge in [-0.2, -0.15) is 4.31 Å². The van der Waals surface area contributed by atoms with Crippen molar-refractivity contribution < 1.29 is 16.8 Å². The van der Waals surface area contributed by atoms with E-state index in [4.69, 9.17) is 0 Å². The number of hydrazine groups is 1. The second-order valence-electron chi connectivity index (χ2n) is 6.03. The van der Waals surface area contributed by atoms with E-state index in [-0.39, 0.29) is 15.6 Å². The summed E-state index contributed by atoms with van der Waals surface area (Å²) >= 11 is 3.25. The molecule has 0 atom stereocenters. The van der Waals surface area contributed by atoms with Crippen molar-refractivity contribution in [2.24, 2.45) is 0 Å². The smallest absolute Gasteiger partial charge is 0.257 e. The van der Waals surface area contributed by atoms with Gasteiger partial charge in [0.1, 0.15) is 10.7 Å². The minimum atomic E-state index is -3.78. The topological polar surface area (TPSA) is 108 Å². The lowest BCUT2D eigenvalue weighted by Gasteiger charge is -2.25. The van der Waals surface area contributed by atoms with Crippen LogP contribution in [-0.4, -0.2) is 39.2 Å². The molecule has 2 heterocycles. The summed E-state index contributed by atoms with van der Waals surface area (Å²) in [6.45, 7) is 1.02. The number of hydrogen-bond acceptors (Lipinski definition) is 6. The summed E-state index contributed by atoms with van der Waals surface area (Å²) in [4.78, 5) is 6.39. The van der Waals surface area contributed by atoms with Crippen LogP contribution >= 0.6 is 15.9 Å². The van der Waals surface area contributed by atoms with Gasteiger partial charge in [0.25, 0.3) is 10.0 Å². The van der Waals surface area contributed by atoms with Crippen molar-refractivity contribution in [3.8, 4) is 0 Å². The molecule has 146 valence electrons. The lowest BCUT2D eigenvalue weighted by atomic mass is 10.2. The second-order valence-corrected chi connectivity index (χ2v) is 10.6. The molecule has 0 saturated carbocycles. The first kappa shape index (κ1) is 20.2. The Morgan fingerprint density at radius 2 is 1.52 bits per heavy atom. The van der Waals surface area contributed by atoms with E-state index in [0.29, 0.717) is 13.1 Å². The molecule has 8 nitrogen and oxygen atoms in total. The van der Waals surface area contributed by atoms with Crippen molar-refractivity contribution >= 4 is 41.8 Å². The van der Waals surface area contributed by atoms with E-state index in [1.807, 2.05) is 0 Å². The van der Waals surface area contributed by atoms with E-state index in [9.17, 15) is 16.8 Å². The number of piperidine rings is 1. The zero-order valence-electron chi connectivity index (χ0n) is 14.3. The van der Waals surface area contributed by atoms with E-state index in [1.54, 1.807) is 12.1 Å². The minimum absolute atomic E-state index is 0.0856. The first-order valence-corrected chi connectivity index (χ1v) is 12.0. The van der Waals surface area contributed by atoms with Gasteiger partial charge < -0.3 is 0 Å². The molecule has 1 aliphatic rings. The number of benzene rings is 1. The molecule has 3 rings (SSSR count). The number of rotatable bonds is 6. The molecule has 2 aromatic rings. The van der Waals surface area contributed by atoms with Gasteiger partial charge in [0.2, 0.25) is 10.0 Å². The average molecular weight is 475 g/mol. The number of sulfonamides is 2. The number of hydrogen-bond donors (Lipinski definition) is 2. The van der Waals surface area contributed by atoms with Crippen molar-refractivity contribution in [1.82, 2.24) is 14.1 Å². The van der Waals surface area contributed by atoms with Crippen molar-refractivity contribution in [2.75, 3.05) is 18.5 Å². The quantitative estimate of drug-likeness (QED) is 0.621. The van der Waals surface area contributed by atoms with Crippen LogP contribution in [0.25, 0.3) is 0 Å². The van der Waals surface area contributed by atoms with Gasteiger partial charge in [-0.1, -0.05) is 22.4 Å². The summed E-state index contributed by atoms with van der Waals surface area (Å²) in [5.74, 6) is 0.188. The van der Waals surface area contributed by atoms with Crippen LogP contribution < -0.4 is 10.3 Å². The van der Waals surface area contributed by atoms with E-state index < -0.39 is 20.0 Å². The molecule has 0 aliphatic carbocycles. The number of pyridine rings is 1. The predicted molar refractivity (Wildman–Crippen MR) is 105 cm³/mol. The maximum absolute atomic E-state index is 12.6. The first-order valence-electron chi connectivity index (χ1n) is 8.29. The fraction of sp³-hybridized carbons (Fsp3) is 0.312. The number of nitrogens with one attached hydrogen (secondary N) is 2. The molecule has 1 saturated heterocycles. The summed E-state index contributed by atoms with van der Waals surface area (Å²) in [7, 11) is -7.35. The standard InChI is InChI=1S/C16H19BrN4O4S2/c17-13-4-6-14(7-5-13)26(22,23)20-19-16-9-8-15(12-18-16)27(24,25)21-10-2-1-3-11-21/h4-9,12,20H,1-3,10-11H2,(H,18,19). The SMILES string of the molecule is O=S(=O)(NNc1ccc(S(=O)(=O)N2CCCCC2)cn1)c1ccc(Br)cc1. The van der Waals surface area contributed by atoms with Crippen molar-refractivity contribution in [3.63, 3.8) is 0 Å². The third-order valence-corrected chi connectivity index (χ3v) is 7.80. The van der Waals surface area contributed by atoms with Gasteiger partial charge in [0, 0.05) is 23.8 Å². The molecule has 0 spiro atoms. The Labute approximate surface area is 167 Å². The van der Waals surface area contributed by atoms with E-state index in [2.05, 4.69) is 31.2 Å². The molecule has 1 aliphatic heterocycles. The Kier molecular flexibility index (Phi) is 6.16. The Morgan fingerprint density at radius 3 is 2.11 bits per heavy atom. The summed E-state index contributed by atoms with van der Waals surface area (Å²) in [6, 6.07) is 8.97. The highest BCUT2D eigenvalue weighted by Gasteiger charge is 2.26. The van der Waals surface area contributed by atoms with Crippen LogP contribution in [0.5, 0.6) is 0 Å². The highest BCUT2D eigenvalue weighted by Crippen LogP contribution is 2.21.